The van der Waals surface area contributed by atoms with Crippen LogP contribution in [0.15, 0.2) is 23.4 Å². The number of carbonyl (C=O) groups is 1. The first kappa shape index (κ1) is 16.5. The summed E-state index contributed by atoms with van der Waals surface area (Å²) in [5.41, 5.74) is 3.41. The minimum Gasteiger partial charge on any atom is -0.355 e. The Kier molecular flexibility index (Phi) is 5.60. The maximum atomic E-state index is 11.8. The summed E-state index contributed by atoms with van der Waals surface area (Å²) in [6, 6.07) is 6.29. The smallest absolute Gasteiger partial charge is 0.230 e. The van der Waals surface area contributed by atoms with Gasteiger partial charge in [-0.1, -0.05) is 30.8 Å². The Labute approximate surface area is 135 Å². The second kappa shape index (κ2) is 7.45. The van der Waals surface area contributed by atoms with E-state index in [0.29, 0.717) is 12.3 Å². The predicted molar refractivity (Wildman–Crippen MR) is 89.6 cm³/mol. The van der Waals surface area contributed by atoms with E-state index in [1.54, 1.807) is 0 Å². The molecule has 2 aromatic rings. The van der Waals surface area contributed by atoms with Crippen molar-refractivity contribution in [3.8, 4) is 5.69 Å². The molecule has 0 radical (unpaired) electrons. The molecule has 0 aliphatic carbocycles. The van der Waals surface area contributed by atoms with Crippen LogP contribution in [0.5, 0.6) is 0 Å². The van der Waals surface area contributed by atoms with Crippen molar-refractivity contribution in [2.24, 2.45) is 0 Å². The van der Waals surface area contributed by atoms with Gasteiger partial charge < -0.3 is 5.32 Å². The number of aryl methyl sites for hydroxylation is 3. The predicted octanol–water partition coefficient (Wildman–Crippen LogP) is 2.81. The number of nitrogens with one attached hydrogen (secondary N) is 1. The van der Waals surface area contributed by atoms with E-state index >= 15 is 0 Å². The fourth-order valence-electron chi connectivity index (χ4n) is 2.12. The lowest BCUT2D eigenvalue weighted by molar-refractivity contribution is -0.118. The van der Waals surface area contributed by atoms with Crippen LogP contribution in [0.3, 0.4) is 0 Å². The van der Waals surface area contributed by atoms with E-state index in [0.717, 1.165) is 28.7 Å². The van der Waals surface area contributed by atoms with Crippen LogP contribution in [0.2, 0.25) is 0 Å². The van der Waals surface area contributed by atoms with Crippen LogP contribution in [0.1, 0.15) is 30.3 Å². The summed E-state index contributed by atoms with van der Waals surface area (Å²) in [6.45, 7) is 8.80. The normalized spacial score (nSPS) is 10.7. The average Bonchev–Trinajstić information content (AvgIpc) is 2.86. The third kappa shape index (κ3) is 3.88. The first-order valence-corrected chi connectivity index (χ1v) is 8.40. The lowest BCUT2D eigenvalue weighted by atomic mass is 10.1. The lowest BCUT2D eigenvalue weighted by Gasteiger charge is -2.12. The summed E-state index contributed by atoms with van der Waals surface area (Å²) < 4.78 is 2.01. The maximum Gasteiger partial charge on any atom is 0.230 e. The highest BCUT2D eigenvalue weighted by molar-refractivity contribution is 7.99. The summed E-state index contributed by atoms with van der Waals surface area (Å²) >= 11 is 1.41. The molecular weight excluding hydrogens is 296 g/mol. The van der Waals surface area contributed by atoms with Crippen LogP contribution in [-0.2, 0) is 4.79 Å². The van der Waals surface area contributed by atoms with Crippen molar-refractivity contribution in [1.82, 2.24) is 20.1 Å². The van der Waals surface area contributed by atoms with Crippen molar-refractivity contribution in [3.05, 3.63) is 35.2 Å². The van der Waals surface area contributed by atoms with E-state index in [1.165, 1.54) is 17.3 Å². The first-order valence-electron chi connectivity index (χ1n) is 7.42. The second-order valence-electron chi connectivity index (χ2n) is 5.29. The molecule has 1 aromatic heterocycles. The van der Waals surface area contributed by atoms with Gasteiger partial charge in [0.05, 0.1) is 11.4 Å². The van der Waals surface area contributed by atoms with E-state index in [4.69, 9.17) is 0 Å². The number of hydrogen-bond donors (Lipinski definition) is 1. The molecule has 0 atom stereocenters. The Morgan fingerprint density at radius 3 is 2.77 bits per heavy atom. The molecule has 0 bridgehead atoms. The average molecular weight is 318 g/mol. The largest absolute Gasteiger partial charge is 0.355 e. The molecule has 0 saturated carbocycles. The summed E-state index contributed by atoms with van der Waals surface area (Å²) in [7, 11) is 0. The van der Waals surface area contributed by atoms with Crippen LogP contribution < -0.4 is 5.32 Å². The number of carbonyl (C=O) groups excluding carboxylic acids is 1. The highest BCUT2D eigenvalue weighted by atomic mass is 32.2. The Hall–Kier alpha value is -1.82. The van der Waals surface area contributed by atoms with Crippen LogP contribution in [-0.4, -0.2) is 33.0 Å². The molecule has 2 rings (SSSR count). The van der Waals surface area contributed by atoms with Gasteiger partial charge in [0.2, 0.25) is 5.91 Å². The number of thioether (sulfide) groups is 1. The number of rotatable bonds is 6. The number of hydrogen-bond acceptors (Lipinski definition) is 4. The molecule has 1 N–H and O–H groups in total. The molecule has 0 aliphatic rings. The molecule has 0 spiro atoms. The number of aromatic nitrogens is 3. The molecule has 1 amide bonds. The molecule has 1 heterocycles. The van der Waals surface area contributed by atoms with Gasteiger partial charge in [-0.25, -0.2) is 0 Å². The van der Waals surface area contributed by atoms with Crippen LogP contribution in [0, 0.1) is 20.8 Å². The summed E-state index contributed by atoms with van der Waals surface area (Å²) in [6.07, 6.45) is 0.939. The molecule has 118 valence electrons. The van der Waals surface area contributed by atoms with Crippen molar-refractivity contribution >= 4 is 17.7 Å². The van der Waals surface area contributed by atoms with E-state index in [-0.39, 0.29) is 5.91 Å². The fraction of sp³-hybridized carbons (Fsp3) is 0.438. The molecule has 0 fully saturated rings. The number of amides is 1. The quantitative estimate of drug-likeness (QED) is 0.832. The Balaban J connectivity index is 2.21. The zero-order valence-electron chi connectivity index (χ0n) is 13.5. The Bertz CT molecular complexity index is 666. The van der Waals surface area contributed by atoms with Crippen molar-refractivity contribution < 1.29 is 4.79 Å². The Morgan fingerprint density at radius 1 is 1.27 bits per heavy atom. The maximum absolute atomic E-state index is 11.8. The minimum absolute atomic E-state index is 0.0278. The number of benzene rings is 1. The third-order valence-corrected chi connectivity index (χ3v) is 4.23. The molecule has 0 aliphatic heterocycles. The SMILES string of the molecule is CCCNC(=O)CSc1nnc(C)n1-c1cc(C)ccc1C. The van der Waals surface area contributed by atoms with Gasteiger partial charge in [-0.15, -0.1) is 10.2 Å². The third-order valence-electron chi connectivity index (χ3n) is 3.31. The van der Waals surface area contributed by atoms with Gasteiger partial charge in [0.25, 0.3) is 0 Å². The summed E-state index contributed by atoms with van der Waals surface area (Å²) in [4.78, 5) is 11.8. The van der Waals surface area contributed by atoms with Gasteiger partial charge in [0, 0.05) is 6.54 Å². The monoisotopic (exact) mass is 318 g/mol. The lowest BCUT2D eigenvalue weighted by Crippen LogP contribution is -2.25. The standard InChI is InChI=1S/C16H22N4OS/c1-5-8-17-15(21)10-22-16-19-18-13(4)20(16)14-9-11(2)6-7-12(14)3/h6-7,9H,5,8,10H2,1-4H3,(H,17,21). The summed E-state index contributed by atoms with van der Waals surface area (Å²) in [5.74, 6) is 1.20. The topological polar surface area (TPSA) is 59.8 Å². The zero-order chi connectivity index (χ0) is 16.1. The van der Waals surface area contributed by atoms with Gasteiger partial charge in [0.15, 0.2) is 5.16 Å². The van der Waals surface area contributed by atoms with Crippen molar-refractivity contribution in [3.63, 3.8) is 0 Å². The highest BCUT2D eigenvalue weighted by Gasteiger charge is 2.14. The Morgan fingerprint density at radius 2 is 2.05 bits per heavy atom. The zero-order valence-corrected chi connectivity index (χ0v) is 14.3. The molecule has 6 heteroatoms. The van der Waals surface area contributed by atoms with Gasteiger partial charge >= 0.3 is 0 Å². The molecule has 1 aromatic carbocycles. The van der Waals surface area contributed by atoms with Crippen molar-refractivity contribution in [2.75, 3.05) is 12.3 Å². The molecule has 22 heavy (non-hydrogen) atoms. The minimum atomic E-state index is 0.0278. The van der Waals surface area contributed by atoms with Gasteiger partial charge in [-0.05, 0) is 44.4 Å². The van der Waals surface area contributed by atoms with Gasteiger partial charge in [-0.2, -0.15) is 0 Å². The van der Waals surface area contributed by atoms with Crippen LogP contribution >= 0.6 is 11.8 Å². The molecular formula is C16H22N4OS. The number of nitrogens with zero attached hydrogens (tertiary/aromatic N) is 3. The molecule has 5 nitrogen and oxygen atoms in total. The fourth-order valence-corrected chi connectivity index (χ4v) is 2.94. The first-order chi connectivity index (χ1) is 10.5. The van der Waals surface area contributed by atoms with E-state index in [1.807, 2.05) is 18.4 Å². The summed E-state index contributed by atoms with van der Waals surface area (Å²) in [5, 5.41) is 12.0. The van der Waals surface area contributed by atoms with Crippen LogP contribution in [0.4, 0.5) is 0 Å². The van der Waals surface area contributed by atoms with Gasteiger partial charge in [-0.3, -0.25) is 9.36 Å². The van der Waals surface area contributed by atoms with E-state index < -0.39 is 0 Å². The van der Waals surface area contributed by atoms with Gasteiger partial charge in [0.1, 0.15) is 5.82 Å². The van der Waals surface area contributed by atoms with Crippen LogP contribution in [0.25, 0.3) is 5.69 Å². The highest BCUT2D eigenvalue weighted by Crippen LogP contribution is 2.24. The molecule has 0 unspecified atom stereocenters. The second-order valence-corrected chi connectivity index (χ2v) is 6.24. The van der Waals surface area contributed by atoms with Crippen molar-refractivity contribution in [2.45, 2.75) is 39.3 Å². The molecule has 0 saturated heterocycles. The van der Waals surface area contributed by atoms with Crippen molar-refractivity contribution in [1.29, 1.82) is 0 Å². The van der Waals surface area contributed by atoms with E-state index in [2.05, 4.69) is 47.6 Å². The van der Waals surface area contributed by atoms with E-state index in [9.17, 15) is 4.79 Å².